The SMILES string of the molecule is NCc1cc([N+](=O)[O-])ccc1OCc1cn2ccsc2n1. The fourth-order valence-corrected chi connectivity index (χ4v) is 2.70. The zero-order valence-electron chi connectivity index (χ0n) is 10.9. The van der Waals surface area contributed by atoms with Crippen molar-refractivity contribution in [3.8, 4) is 5.75 Å². The number of aromatic nitrogens is 2. The predicted molar refractivity (Wildman–Crippen MR) is 78.4 cm³/mol. The third kappa shape index (κ3) is 2.71. The quantitative estimate of drug-likeness (QED) is 0.576. The van der Waals surface area contributed by atoms with Crippen LogP contribution in [0.5, 0.6) is 5.75 Å². The van der Waals surface area contributed by atoms with E-state index >= 15 is 0 Å². The van der Waals surface area contributed by atoms with Gasteiger partial charge in [-0.15, -0.1) is 11.3 Å². The van der Waals surface area contributed by atoms with E-state index in [9.17, 15) is 10.1 Å². The Bertz CT molecular complexity index is 767. The molecule has 0 radical (unpaired) electrons. The summed E-state index contributed by atoms with van der Waals surface area (Å²) in [5.74, 6) is 0.541. The number of rotatable bonds is 5. The second-order valence-corrected chi connectivity index (χ2v) is 5.24. The van der Waals surface area contributed by atoms with Crippen molar-refractivity contribution in [2.75, 3.05) is 0 Å². The van der Waals surface area contributed by atoms with E-state index in [1.165, 1.54) is 12.1 Å². The molecule has 1 aromatic carbocycles. The Morgan fingerprint density at radius 1 is 1.48 bits per heavy atom. The van der Waals surface area contributed by atoms with Gasteiger partial charge in [0.15, 0.2) is 4.96 Å². The maximum atomic E-state index is 10.7. The summed E-state index contributed by atoms with van der Waals surface area (Å²) < 4.78 is 7.59. The van der Waals surface area contributed by atoms with Crippen molar-refractivity contribution in [1.82, 2.24) is 9.38 Å². The maximum Gasteiger partial charge on any atom is 0.270 e. The monoisotopic (exact) mass is 304 g/mol. The molecule has 0 aliphatic rings. The van der Waals surface area contributed by atoms with Gasteiger partial charge in [-0.05, 0) is 6.07 Å². The highest BCUT2D eigenvalue weighted by Gasteiger charge is 2.11. The molecule has 0 atom stereocenters. The van der Waals surface area contributed by atoms with Crippen molar-refractivity contribution in [3.05, 3.63) is 57.3 Å². The number of fused-ring (bicyclic) bond motifs is 1. The lowest BCUT2D eigenvalue weighted by Crippen LogP contribution is -2.04. The predicted octanol–water partition coefficient (Wildman–Crippen LogP) is 2.34. The van der Waals surface area contributed by atoms with Crippen molar-refractivity contribution in [3.63, 3.8) is 0 Å². The minimum Gasteiger partial charge on any atom is -0.487 e. The fourth-order valence-electron chi connectivity index (χ4n) is 1.98. The number of nitrogens with zero attached hydrogens (tertiary/aromatic N) is 3. The molecule has 0 saturated carbocycles. The first-order chi connectivity index (χ1) is 10.2. The third-order valence-corrected chi connectivity index (χ3v) is 3.76. The number of benzene rings is 1. The first-order valence-electron chi connectivity index (χ1n) is 6.18. The van der Waals surface area contributed by atoms with E-state index in [4.69, 9.17) is 10.5 Å². The van der Waals surface area contributed by atoms with Gasteiger partial charge in [0.2, 0.25) is 0 Å². The zero-order chi connectivity index (χ0) is 14.8. The summed E-state index contributed by atoms with van der Waals surface area (Å²) in [4.78, 5) is 15.6. The van der Waals surface area contributed by atoms with Crippen LogP contribution in [0.4, 0.5) is 5.69 Å². The van der Waals surface area contributed by atoms with E-state index in [1.807, 2.05) is 22.2 Å². The van der Waals surface area contributed by atoms with Gasteiger partial charge >= 0.3 is 0 Å². The molecule has 0 aliphatic carbocycles. The normalized spacial score (nSPS) is 10.9. The number of nitrogens with two attached hydrogens (primary N) is 1. The molecule has 108 valence electrons. The topological polar surface area (TPSA) is 95.7 Å². The van der Waals surface area contributed by atoms with Gasteiger partial charge < -0.3 is 10.5 Å². The summed E-state index contributed by atoms with van der Waals surface area (Å²) in [6.07, 6.45) is 3.81. The van der Waals surface area contributed by atoms with E-state index in [0.717, 1.165) is 10.7 Å². The molecule has 21 heavy (non-hydrogen) atoms. The van der Waals surface area contributed by atoms with Crippen molar-refractivity contribution in [1.29, 1.82) is 0 Å². The molecule has 0 spiro atoms. The smallest absolute Gasteiger partial charge is 0.270 e. The Labute approximate surface area is 123 Å². The van der Waals surface area contributed by atoms with Gasteiger partial charge in [0.25, 0.3) is 5.69 Å². The molecule has 0 amide bonds. The molecule has 0 fully saturated rings. The third-order valence-electron chi connectivity index (χ3n) is 2.99. The van der Waals surface area contributed by atoms with Gasteiger partial charge in [0, 0.05) is 42.0 Å². The van der Waals surface area contributed by atoms with Crippen LogP contribution in [0.2, 0.25) is 0 Å². The van der Waals surface area contributed by atoms with Crippen LogP contribution in [0.15, 0.2) is 36.0 Å². The van der Waals surface area contributed by atoms with Crippen LogP contribution in [0.1, 0.15) is 11.3 Å². The van der Waals surface area contributed by atoms with E-state index in [2.05, 4.69) is 4.98 Å². The highest BCUT2D eigenvalue weighted by molar-refractivity contribution is 7.15. The highest BCUT2D eigenvalue weighted by Crippen LogP contribution is 2.24. The van der Waals surface area contributed by atoms with Crippen molar-refractivity contribution in [2.45, 2.75) is 13.2 Å². The molecule has 0 unspecified atom stereocenters. The molecule has 2 aromatic heterocycles. The van der Waals surface area contributed by atoms with Crippen molar-refractivity contribution >= 4 is 22.0 Å². The summed E-state index contributed by atoms with van der Waals surface area (Å²) in [7, 11) is 0. The second-order valence-electron chi connectivity index (χ2n) is 4.37. The molecule has 7 nitrogen and oxygen atoms in total. The number of non-ortho nitro benzene ring substituents is 1. The lowest BCUT2D eigenvalue weighted by atomic mass is 10.2. The molecular weight excluding hydrogens is 292 g/mol. The summed E-state index contributed by atoms with van der Waals surface area (Å²) in [6.45, 7) is 0.467. The Kier molecular flexibility index (Phi) is 3.55. The Balaban J connectivity index is 1.77. The minimum atomic E-state index is -0.452. The Morgan fingerprint density at radius 2 is 2.33 bits per heavy atom. The molecule has 0 saturated heterocycles. The first-order valence-corrected chi connectivity index (χ1v) is 7.06. The molecule has 0 aliphatic heterocycles. The lowest BCUT2D eigenvalue weighted by Gasteiger charge is -2.08. The Hall–Kier alpha value is -2.45. The molecule has 0 bridgehead atoms. The number of imidazole rings is 1. The van der Waals surface area contributed by atoms with Crippen LogP contribution in [0.3, 0.4) is 0 Å². The van der Waals surface area contributed by atoms with E-state index in [0.29, 0.717) is 17.9 Å². The molecule has 3 rings (SSSR count). The van der Waals surface area contributed by atoms with Gasteiger partial charge in [0.05, 0.1) is 10.6 Å². The fraction of sp³-hybridized carbons (Fsp3) is 0.154. The average molecular weight is 304 g/mol. The number of hydrogen-bond acceptors (Lipinski definition) is 6. The average Bonchev–Trinajstić information content (AvgIpc) is 3.05. The van der Waals surface area contributed by atoms with Crippen LogP contribution in [0.25, 0.3) is 4.96 Å². The number of nitro benzene ring substituents is 1. The standard InChI is InChI=1S/C13H12N4O3S/c14-6-9-5-11(17(18)19)1-2-12(9)20-8-10-7-16-3-4-21-13(16)15-10/h1-5,7H,6,8,14H2. The molecule has 2 N–H and O–H groups in total. The van der Waals surface area contributed by atoms with E-state index in [-0.39, 0.29) is 12.2 Å². The molecule has 3 aromatic rings. The minimum absolute atomic E-state index is 0.00491. The van der Waals surface area contributed by atoms with Gasteiger partial charge in [-0.2, -0.15) is 0 Å². The summed E-state index contributed by atoms with van der Waals surface area (Å²) in [5.41, 5.74) is 7.01. The number of ether oxygens (including phenoxy) is 1. The van der Waals surface area contributed by atoms with Gasteiger partial charge in [-0.25, -0.2) is 4.98 Å². The summed E-state index contributed by atoms with van der Waals surface area (Å²) in [6, 6.07) is 4.40. The second kappa shape index (κ2) is 5.51. The molecule has 8 heteroatoms. The molecule has 2 heterocycles. The van der Waals surface area contributed by atoms with Crippen LogP contribution in [0, 0.1) is 10.1 Å². The van der Waals surface area contributed by atoms with Crippen LogP contribution in [-0.2, 0) is 13.2 Å². The maximum absolute atomic E-state index is 10.7. The van der Waals surface area contributed by atoms with Gasteiger partial charge in [0.1, 0.15) is 12.4 Å². The van der Waals surface area contributed by atoms with Crippen molar-refractivity contribution in [2.24, 2.45) is 5.73 Å². The lowest BCUT2D eigenvalue weighted by molar-refractivity contribution is -0.384. The van der Waals surface area contributed by atoms with Crippen LogP contribution in [-0.4, -0.2) is 14.3 Å². The van der Waals surface area contributed by atoms with E-state index in [1.54, 1.807) is 17.4 Å². The van der Waals surface area contributed by atoms with Crippen molar-refractivity contribution < 1.29 is 9.66 Å². The highest BCUT2D eigenvalue weighted by atomic mass is 32.1. The summed E-state index contributed by atoms with van der Waals surface area (Å²) >= 11 is 1.54. The van der Waals surface area contributed by atoms with Gasteiger partial charge in [-0.1, -0.05) is 0 Å². The zero-order valence-corrected chi connectivity index (χ0v) is 11.7. The Morgan fingerprint density at radius 3 is 3.05 bits per heavy atom. The molecular formula is C13H12N4O3S. The van der Waals surface area contributed by atoms with E-state index < -0.39 is 4.92 Å². The van der Waals surface area contributed by atoms with Crippen LogP contribution >= 0.6 is 11.3 Å². The number of thiazole rings is 1. The number of hydrogen-bond donors (Lipinski definition) is 1. The largest absolute Gasteiger partial charge is 0.487 e. The first kappa shape index (κ1) is 13.5. The van der Waals surface area contributed by atoms with Gasteiger partial charge in [-0.3, -0.25) is 14.5 Å². The number of nitro groups is 1. The van der Waals surface area contributed by atoms with Crippen LogP contribution < -0.4 is 10.5 Å². The summed E-state index contributed by atoms with van der Waals surface area (Å²) in [5, 5.41) is 12.7.